The van der Waals surface area contributed by atoms with E-state index in [1.165, 1.54) is 91.6 Å². The Bertz CT molecular complexity index is 2750. The second-order valence-corrected chi connectivity index (χ2v) is 20.6. The molecule has 0 fully saturated rings. The highest BCUT2D eigenvalue weighted by atomic mass is 16.6. The lowest BCUT2D eigenvalue weighted by molar-refractivity contribution is -0.146. The molecule has 0 saturated heterocycles. The molecule has 1 aliphatic rings. The van der Waals surface area contributed by atoms with Gasteiger partial charge < -0.3 is 74.2 Å². The van der Waals surface area contributed by atoms with Crippen LogP contribution in [0, 0.1) is 0 Å². The fraction of sp³-hybridized carbons (Fsp3) is 0.519. The van der Waals surface area contributed by atoms with Gasteiger partial charge in [0.2, 0.25) is 76.8 Å². The molecule has 3 rings (SSSR count). The zero-order chi connectivity index (χ0) is 62.7. The summed E-state index contributed by atoms with van der Waals surface area (Å²) < 4.78 is 5.62. The van der Waals surface area contributed by atoms with Gasteiger partial charge >= 0.3 is 6.09 Å². The average Bonchev–Trinajstić information content (AvgIpc) is 3.10. The summed E-state index contributed by atoms with van der Waals surface area (Å²) in [6.45, 7) is -5.74. The highest BCUT2D eigenvalue weighted by Gasteiger charge is 2.31. The SMILES string of the molecule is CN(CC(N)=O)C(=O)CN(C)C(=O)CN(C)C(=O)CN(C)C(=O)CN(C)C(=O)CN(C)C(=O)CN(C)C(=O)CN(C)C(=O)CN(C)C(=O)CN(C)C(=O)CN(C)C(=O)CN(C)C(=O)CN(C)C(=O)OCC1c2ccccc2-c2ccccc21. The molecule has 0 saturated carbocycles. The first-order valence-electron chi connectivity index (χ1n) is 26.0. The number of ether oxygens (including phenoxy) is 1. The number of primary amides is 1. The van der Waals surface area contributed by atoms with E-state index < -0.39 is 148 Å². The van der Waals surface area contributed by atoms with Crippen molar-refractivity contribution in [2.45, 2.75) is 5.92 Å². The maximum absolute atomic E-state index is 13.1. The van der Waals surface area contributed by atoms with Crippen LogP contribution in [0.25, 0.3) is 11.1 Å². The van der Waals surface area contributed by atoms with Crippen molar-refractivity contribution in [1.29, 1.82) is 0 Å². The number of carbonyl (C=O) groups excluding carboxylic acids is 14. The Kier molecular flexibility index (Phi) is 25.6. The first kappa shape index (κ1) is 68.1. The number of rotatable bonds is 28. The van der Waals surface area contributed by atoms with Crippen LogP contribution in [-0.2, 0) is 67.1 Å². The maximum atomic E-state index is 13.1. The molecular formula is C54H78N14O15. The molecule has 2 aromatic rings. The van der Waals surface area contributed by atoms with Gasteiger partial charge in [0, 0.05) is 97.5 Å². The van der Waals surface area contributed by atoms with E-state index in [-0.39, 0.29) is 32.2 Å². The van der Waals surface area contributed by atoms with Crippen LogP contribution in [0.3, 0.4) is 0 Å². The molecular weight excluding hydrogens is 1080 g/mol. The number of benzene rings is 2. The Labute approximate surface area is 482 Å². The molecule has 14 amide bonds. The molecule has 0 aromatic heterocycles. The van der Waals surface area contributed by atoms with Crippen LogP contribution >= 0.6 is 0 Å². The van der Waals surface area contributed by atoms with E-state index in [1.807, 2.05) is 48.5 Å². The molecule has 0 aliphatic heterocycles. The van der Waals surface area contributed by atoms with Crippen molar-refractivity contribution in [3.8, 4) is 11.1 Å². The van der Waals surface area contributed by atoms with Gasteiger partial charge in [0.25, 0.3) is 0 Å². The third kappa shape index (κ3) is 20.4. The minimum absolute atomic E-state index is 0.0565. The highest BCUT2D eigenvalue weighted by Crippen LogP contribution is 2.44. The van der Waals surface area contributed by atoms with E-state index in [2.05, 4.69) is 0 Å². The molecule has 83 heavy (non-hydrogen) atoms. The molecule has 2 N–H and O–H groups in total. The quantitative estimate of drug-likeness (QED) is 0.0846. The van der Waals surface area contributed by atoms with Crippen molar-refractivity contribution in [3.05, 3.63) is 59.7 Å². The van der Waals surface area contributed by atoms with Crippen molar-refractivity contribution in [2.24, 2.45) is 5.73 Å². The first-order chi connectivity index (χ1) is 38.7. The maximum Gasteiger partial charge on any atom is 0.409 e. The summed E-state index contributed by atoms with van der Waals surface area (Å²) in [6.07, 6.45) is -0.723. The number of amides is 14. The van der Waals surface area contributed by atoms with E-state index >= 15 is 0 Å². The van der Waals surface area contributed by atoms with Crippen molar-refractivity contribution >= 4 is 82.9 Å². The summed E-state index contributed by atoms with van der Waals surface area (Å²) in [4.78, 5) is 193. The summed E-state index contributed by atoms with van der Waals surface area (Å²) in [5.74, 6) is -8.41. The molecule has 0 unspecified atom stereocenters. The lowest BCUT2D eigenvalue weighted by Crippen LogP contribution is -2.49. The number of nitrogens with zero attached hydrogens (tertiary/aromatic N) is 13. The number of nitrogens with two attached hydrogens (primary N) is 1. The molecule has 2 aromatic carbocycles. The van der Waals surface area contributed by atoms with Gasteiger partial charge in [-0.3, -0.25) is 62.3 Å². The third-order valence-corrected chi connectivity index (χ3v) is 13.6. The zero-order valence-corrected chi connectivity index (χ0v) is 49.6. The highest BCUT2D eigenvalue weighted by molar-refractivity contribution is 5.95. The van der Waals surface area contributed by atoms with E-state index in [0.29, 0.717) is 0 Å². The fourth-order valence-electron chi connectivity index (χ4n) is 7.94. The van der Waals surface area contributed by atoms with Gasteiger partial charge in [-0.1, -0.05) is 48.5 Å². The number of fused-ring (bicyclic) bond motifs is 3. The predicted molar refractivity (Wildman–Crippen MR) is 299 cm³/mol. The lowest BCUT2D eigenvalue weighted by atomic mass is 9.98. The van der Waals surface area contributed by atoms with E-state index in [9.17, 15) is 67.1 Å². The minimum Gasteiger partial charge on any atom is -0.448 e. The van der Waals surface area contributed by atoms with Crippen LogP contribution in [0.1, 0.15) is 17.0 Å². The van der Waals surface area contributed by atoms with Crippen LogP contribution in [-0.4, -0.2) is 330 Å². The van der Waals surface area contributed by atoms with E-state index in [1.54, 1.807) is 0 Å². The number of hydrogen-bond acceptors (Lipinski definition) is 15. The normalized spacial score (nSPS) is 11.1. The Hall–Kier alpha value is -9.18. The van der Waals surface area contributed by atoms with Gasteiger partial charge in [-0.15, -0.1) is 0 Å². The van der Waals surface area contributed by atoms with Gasteiger partial charge in [0.1, 0.15) is 13.2 Å². The fourth-order valence-corrected chi connectivity index (χ4v) is 7.94. The second kappa shape index (κ2) is 31.1. The van der Waals surface area contributed by atoms with Crippen molar-refractivity contribution in [1.82, 2.24) is 63.7 Å². The van der Waals surface area contributed by atoms with Gasteiger partial charge in [-0.25, -0.2) is 4.79 Å². The monoisotopic (exact) mass is 1160 g/mol. The van der Waals surface area contributed by atoms with Crippen molar-refractivity contribution in [2.75, 3.05) is 183 Å². The van der Waals surface area contributed by atoms with Gasteiger partial charge in [-0.2, -0.15) is 0 Å². The van der Waals surface area contributed by atoms with Crippen LogP contribution in [0.4, 0.5) is 4.79 Å². The van der Waals surface area contributed by atoms with Gasteiger partial charge in [0.15, 0.2) is 0 Å². The molecule has 29 nitrogen and oxygen atoms in total. The summed E-state index contributed by atoms with van der Waals surface area (Å²) in [6, 6.07) is 15.7. The number of hydrogen-bond donors (Lipinski definition) is 1. The van der Waals surface area contributed by atoms with Gasteiger partial charge in [0.05, 0.1) is 78.5 Å². The Balaban J connectivity index is 1.35. The second-order valence-electron chi connectivity index (χ2n) is 20.6. The molecule has 0 radical (unpaired) electrons. The lowest BCUT2D eigenvalue weighted by Gasteiger charge is -2.27. The van der Waals surface area contributed by atoms with Crippen molar-refractivity contribution < 1.29 is 71.9 Å². The molecule has 454 valence electrons. The van der Waals surface area contributed by atoms with E-state index in [4.69, 9.17) is 10.5 Å². The summed E-state index contributed by atoms with van der Waals surface area (Å²) in [7, 11) is 17.3. The smallest absolute Gasteiger partial charge is 0.409 e. The average molecular weight is 1160 g/mol. The van der Waals surface area contributed by atoms with Crippen LogP contribution in [0.2, 0.25) is 0 Å². The molecule has 29 heteroatoms. The van der Waals surface area contributed by atoms with E-state index in [0.717, 1.165) is 86.0 Å². The molecule has 0 spiro atoms. The Morgan fingerprint density at radius 3 is 0.687 bits per heavy atom. The largest absolute Gasteiger partial charge is 0.448 e. The Morgan fingerprint density at radius 1 is 0.301 bits per heavy atom. The minimum atomic E-state index is -0.733. The topological polar surface area (TPSA) is 316 Å². The summed E-state index contributed by atoms with van der Waals surface area (Å²) >= 11 is 0. The van der Waals surface area contributed by atoms with Crippen molar-refractivity contribution in [3.63, 3.8) is 0 Å². The molecule has 0 bridgehead atoms. The molecule has 0 heterocycles. The van der Waals surface area contributed by atoms with Crippen LogP contribution in [0.15, 0.2) is 48.5 Å². The van der Waals surface area contributed by atoms with Crippen LogP contribution in [0.5, 0.6) is 0 Å². The van der Waals surface area contributed by atoms with Crippen LogP contribution < -0.4 is 5.73 Å². The first-order valence-corrected chi connectivity index (χ1v) is 26.0. The zero-order valence-electron chi connectivity index (χ0n) is 49.6. The Morgan fingerprint density at radius 2 is 0.482 bits per heavy atom. The summed E-state index contributed by atoms with van der Waals surface area (Å²) in [5.41, 5.74) is 9.29. The predicted octanol–water partition coefficient (Wildman–Crippen LogP) is -4.15. The third-order valence-electron chi connectivity index (χ3n) is 13.6. The van der Waals surface area contributed by atoms with Gasteiger partial charge in [-0.05, 0) is 22.3 Å². The molecule has 1 aliphatic carbocycles. The summed E-state index contributed by atoms with van der Waals surface area (Å²) in [5, 5.41) is 0. The number of carbonyl (C=O) groups is 14. The molecule has 0 atom stereocenters. The standard InChI is InChI=1S/C54H78N14O15/c1-56(22-41(55)69)42(70)23-57(2)43(71)24-58(3)44(72)25-59(4)45(73)26-60(5)46(74)27-61(6)47(75)28-62(7)48(76)29-63(8)49(77)30-64(9)50(78)31-65(10)51(79)32-66(11)52(80)33-67(12)53(81)34-68(13)54(82)83-35-40-38-20-16-14-18-36(38)37-19-15-17-21-39(37)40/h14-21,40H,22-35H2,1-13H3,(H2,55,69). The number of likely N-dealkylation sites (N-methyl/N-ethyl adjacent to an activating group) is 13.